The summed E-state index contributed by atoms with van der Waals surface area (Å²) in [6, 6.07) is 15.2. The molecule has 4 rings (SSSR count). The number of rotatable bonds is 6. The molecule has 0 aromatic heterocycles. The quantitative estimate of drug-likeness (QED) is 0.709. The van der Waals surface area contributed by atoms with Crippen molar-refractivity contribution in [1.29, 1.82) is 0 Å². The van der Waals surface area contributed by atoms with Gasteiger partial charge in [0.2, 0.25) is 11.8 Å². The van der Waals surface area contributed by atoms with E-state index >= 15 is 0 Å². The Bertz CT molecular complexity index is 993. The van der Waals surface area contributed by atoms with Crippen LogP contribution < -0.4 is 5.32 Å². The number of fused-ring (bicyclic) bond motifs is 1. The second-order valence-corrected chi connectivity index (χ2v) is 8.25. The number of carbonyl (C=O) groups is 4. The summed E-state index contributed by atoms with van der Waals surface area (Å²) in [5, 5.41) is 2.98. The van der Waals surface area contributed by atoms with Crippen molar-refractivity contribution in [3.05, 3.63) is 71.3 Å². The van der Waals surface area contributed by atoms with E-state index < -0.39 is 17.9 Å². The zero-order chi connectivity index (χ0) is 22.7. The fraction of sp³-hybridized carbons (Fsp3) is 0.360. The van der Waals surface area contributed by atoms with Gasteiger partial charge in [0.25, 0.3) is 11.8 Å². The lowest BCUT2D eigenvalue weighted by atomic mass is 10.00. The van der Waals surface area contributed by atoms with Crippen LogP contribution in [-0.2, 0) is 16.0 Å². The Hall–Kier alpha value is -3.48. The van der Waals surface area contributed by atoms with Crippen LogP contribution in [0, 0.1) is 0 Å². The van der Waals surface area contributed by atoms with Crippen molar-refractivity contribution in [3.8, 4) is 0 Å². The Morgan fingerprint density at radius 3 is 2.06 bits per heavy atom. The van der Waals surface area contributed by atoms with E-state index in [4.69, 9.17) is 0 Å². The van der Waals surface area contributed by atoms with Gasteiger partial charge in [-0.25, -0.2) is 0 Å². The molecule has 2 aromatic carbocycles. The summed E-state index contributed by atoms with van der Waals surface area (Å²) in [6.45, 7) is 2.76. The van der Waals surface area contributed by atoms with Crippen molar-refractivity contribution in [2.75, 3.05) is 13.1 Å². The summed E-state index contributed by atoms with van der Waals surface area (Å²) in [4.78, 5) is 54.4. The molecule has 7 heteroatoms. The van der Waals surface area contributed by atoms with E-state index in [0.717, 1.165) is 10.5 Å². The van der Waals surface area contributed by atoms with Gasteiger partial charge in [-0.3, -0.25) is 24.1 Å². The maximum absolute atomic E-state index is 13.6. The molecular formula is C25H27N3O4. The van der Waals surface area contributed by atoms with Crippen molar-refractivity contribution >= 4 is 23.6 Å². The first-order chi connectivity index (χ1) is 15.5. The minimum absolute atomic E-state index is 0.00255. The molecule has 0 radical (unpaired) electrons. The summed E-state index contributed by atoms with van der Waals surface area (Å²) in [5.74, 6) is -1.08. The number of carbonyl (C=O) groups excluding carboxylic acids is 4. The molecule has 1 atom stereocenters. The molecule has 7 nitrogen and oxygen atoms in total. The van der Waals surface area contributed by atoms with Crippen LogP contribution in [-0.4, -0.2) is 58.6 Å². The van der Waals surface area contributed by atoms with Gasteiger partial charge in [-0.05, 0) is 30.5 Å². The standard InChI is InChI=1S/C25H27N3O4/c1-2-22(29)26-18-12-14-27(15-13-18)25(32)21(16-17-8-4-3-5-9-17)28-23(30)19-10-6-7-11-20(19)24(28)31/h3-11,18,21H,2,12-16H2,1H3,(H,26,29). The molecule has 1 unspecified atom stereocenters. The van der Waals surface area contributed by atoms with Crippen LogP contribution in [0.25, 0.3) is 0 Å². The first kappa shape index (κ1) is 21.7. The first-order valence-electron chi connectivity index (χ1n) is 11.1. The molecule has 2 aromatic rings. The highest BCUT2D eigenvalue weighted by molar-refractivity contribution is 6.22. The van der Waals surface area contributed by atoms with Gasteiger partial charge in [0, 0.05) is 32.0 Å². The number of likely N-dealkylation sites (tertiary alicyclic amines) is 1. The molecule has 2 aliphatic heterocycles. The lowest BCUT2D eigenvalue weighted by Crippen LogP contribution is -2.55. The van der Waals surface area contributed by atoms with Crippen LogP contribution >= 0.6 is 0 Å². The van der Waals surface area contributed by atoms with E-state index in [2.05, 4.69) is 5.32 Å². The molecule has 1 saturated heterocycles. The molecule has 4 amide bonds. The van der Waals surface area contributed by atoms with Crippen molar-refractivity contribution in [2.24, 2.45) is 0 Å². The van der Waals surface area contributed by atoms with E-state index in [-0.39, 0.29) is 24.3 Å². The smallest absolute Gasteiger partial charge is 0.262 e. The number of hydrogen-bond acceptors (Lipinski definition) is 4. The fourth-order valence-electron chi connectivity index (χ4n) is 4.40. The molecule has 0 saturated carbocycles. The molecule has 0 aliphatic carbocycles. The van der Waals surface area contributed by atoms with Gasteiger partial charge < -0.3 is 10.2 Å². The third-order valence-corrected chi connectivity index (χ3v) is 6.19. The third-order valence-electron chi connectivity index (χ3n) is 6.19. The van der Waals surface area contributed by atoms with Crippen molar-refractivity contribution in [3.63, 3.8) is 0 Å². The molecule has 1 N–H and O–H groups in total. The third kappa shape index (κ3) is 4.28. The fourth-order valence-corrected chi connectivity index (χ4v) is 4.40. The molecular weight excluding hydrogens is 406 g/mol. The number of hydrogen-bond donors (Lipinski definition) is 1. The summed E-state index contributed by atoms with van der Waals surface area (Å²) >= 11 is 0. The highest BCUT2D eigenvalue weighted by Crippen LogP contribution is 2.27. The van der Waals surface area contributed by atoms with E-state index in [1.54, 1.807) is 29.2 Å². The molecule has 166 valence electrons. The molecule has 1 fully saturated rings. The maximum atomic E-state index is 13.6. The van der Waals surface area contributed by atoms with Crippen LogP contribution in [0.1, 0.15) is 52.5 Å². The van der Waals surface area contributed by atoms with Crippen LogP contribution in [0.3, 0.4) is 0 Å². The molecule has 2 heterocycles. The lowest BCUT2D eigenvalue weighted by Gasteiger charge is -2.36. The van der Waals surface area contributed by atoms with Gasteiger partial charge >= 0.3 is 0 Å². The number of amides is 4. The maximum Gasteiger partial charge on any atom is 0.262 e. The number of benzene rings is 2. The van der Waals surface area contributed by atoms with Gasteiger partial charge in [0.05, 0.1) is 11.1 Å². The topological polar surface area (TPSA) is 86.8 Å². The van der Waals surface area contributed by atoms with Crippen LogP contribution in [0.4, 0.5) is 0 Å². The second kappa shape index (κ2) is 9.34. The van der Waals surface area contributed by atoms with Crippen molar-refractivity contribution in [1.82, 2.24) is 15.1 Å². The minimum Gasteiger partial charge on any atom is -0.353 e. The average molecular weight is 434 g/mol. The van der Waals surface area contributed by atoms with Gasteiger partial charge in [-0.15, -0.1) is 0 Å². The Balaban J connectivity index is 1.56. The number of nitrogens with one attached hydrogen (secondary N) is 1. The van der Waals surface area contributed by atoms with Gasteiger partial charge in [0.15, 0.2) is 0 Å². The van der Waals surface area contributed by atoms with Gasteiger partial charge in [-0.1, -0.05) is 49.4 Å². The highest BCUT2D eigenvalue weighted by atomic mass is 16.2. The predicted molar refractivity (Wildman–Crippen MR) is 119 cm³/mol. The minimum atomic E-state index is -0.911. The van der Waals surface area contributed by atoms with Crippen molar-refractivity contribution in [2.45, 2.75) is 44.7 Å². The Morgan fingerprint density at radius 2 is 1.50 bits per heavy atom. The second-order valence-electron chi connectivity index (χ2n) is 8.25. The number of nitrogens with zero attached hydrogens (tertiary/aromatic N) is 2. The summed E-state index contributed by atoms with van der Waals surface area (Å²) in [5.41, 5.74) is 1.56. The summed E-state index contributed by atoms with van der Waals surface area (Å²) < 4.78 is 0. The predicted octanol–water partition coefficient (Wildman–Crippen LogP) is 2.41. The van der Waals surface area contributed by atoms with E-state index in [9.17, 15) is 19.2 Å². The van der Waals surface area contributed by atoms with Gasteiger partial charge in [-0.2, -0.15) is 0 Å². The highest BCUT2D eigenvalue weighted by Gasteiger charge is 2.44. The zero-order valence-corrected chi connectivity index (χ0v) is 18.1. The monoisotopic (exact) mass is 433 g/mol. The molecule has 32 heavy (non-hydrogen) atoms. The van der Waals surface area contributed by atoms with E-state index in [1.165, 1.54) is 0 Å². The Kier molecular flexibility index (Phi) is 6.35. The first-order valence-corrected chi connectivity index (χ1v) is 11.1. The zero-order valence-electron chi connectivity index (χ0n) is 18.1. The Morgan fingerprint density at radius 1 is 0.938 bits per heavy atom. The normalized spacial score (nSPS) is 17.3. The van der Waals surface area contributed by atoms with Crippen LogP contribution in [0.2, 0.25) is 0 Å². The molecule has 0 spiro atoms. The van der Waals surface area contributed by atoms with Gasteiger partial charge in [0.1, 0.15) is 6.04 Å². The van der Waals surface area contributed by atoms with Crippen molar-refractivity contribution < 1.29 is 19.2 Å². The van der Waals surface area contributed by atoms with E-state index in [1.807, 2.05) is 37.3 Å². The largest absolute Gasteiger partial charge is 0.353 e. The Labute approximate surface area is 187 Å². The molecule has 2 aliphatic rings. The number of imide groups is 1. The summed E-state index contributed by atoms with van der Waals surface area (Å²) in [7, 11) is 0. The van der Waals surface area contributed by atoms with Crippen LogP contribution in [0.5, 0.6) is 0 Å². The van der Waals surface area contributed by atoms with Crippen LogP contribution in [0.15, 0.2) is 54.6 Å². The number of piperidine rings is 1. The lowest BCUT2D eigenvalue weighted by molar-refractivity contribution is -0.136. The molecule has 0 bridgehead atoms. The summed E-state index contributed by atoms with van der Waals surface area (Å²) in [6.07, 6.45) is 1.99. The SMILES string of the molecule is CCC(=O)NC1CCN(C(=O)C(Cc2ccccc2)N2C(=O)c3ccccc3C2=O)CC1. The van der Waals surface area contributed by atoms with E-state index in [0.29, 0.717) is 43.5 Å². The average Bonchev–Trinajstić information content (AvgIpc) is 3.08.